The number of nitro benzene ring substituents is 1. The molecule has 38 heavy (non-hydrogen) atoms. The summed E-state index contributed by atoms with van der Waals surface area (Å²) in [6.07, 6.45) is 1.30. The maximum atomic E-state index is 13.3. The molecule has 0 aliphatic carbocycles. The lowest BCUT2D eigenvalue weighted by molar-refractivity contribution is -0.384. The van der Waals surface area contributed by atoms with Gasteiger partial charge in [0.25, 0.3) is 17.5 Å². The number of amides is 4. The van der Waals surface area contributed by atoms with E-state index in [2.05, 4.69) is 21.2 Å². The highest BCUT2D eigenvalue weighted by Crippen LogP contribution is 2.36. The van der Waals surface area contributed by atoms with Gasteiger partial charge in [-0.25, -0.2) is 14.1 Å². The number of carbonyl (C=O) groups is 3. The van der Waals surface area contributed by atoms with Gasteiger partial charge in [0.2, 0.25) is 0 Å². The summed E-state index contributed by atoms with van der Waals surface area (Å²) in [6.45, 7) is 2.16. The van der Waals surface area contributed by atoms with Crippen molar-refractivity contribution in [2.75, 3.05) is 11.5 Å². The zero-order chi connectivity index (χ0) is 27.4. The predicted octanol–water partition coefficient (Wildman–Crippen LogP) is 5.14. The second kappa shape index (κ2) is 11.2. The monoisotopic (exact) mass is 583 g/mol. The maximum absolute atomic E-state index is 13.3. The van der Waals surface area contributed by atoms with E-state index < -0.39 is 28.6 Å². The van der Waals surface area contributed by atoms with Gasteiger partial charge < -0.3 is 9.47 Å². The van der Waals surface area contributed by atoms with E-state index in [-0.39, 0.29) is 30.2 Å². The highest BCUT2D eigenvalue weighted by atomic mass is 79.9. The lowest BCUT2D eigenvalue weighted by atomic mass is 10.1. The number of halogens is 2. The second-order valence-electron chi connectivity index (χ2n) is 7.90. The first-order valence-electron chi connectivity index (χ1n) is 11.2. The lowest BCUT2D eigenvalue weighted by Gasteiger charge is -2.26. The number of carbonyl (C=O) groups excluding carboxylic acids is 3. The highest BCUT2D eigenvalue weighted by Gasteiger charge is 2.37. The van der Waals surface area contributed by atoms with Crippen molar-refractivity contribution in [3.63, 3.8) is 0 Å². The Kier molecular flexibility index (Phi) is 7.82. The number of hydrogen-bond donors (Lipinski definition) is 1. The molecule has 1 saturated heterocycles. The number of anilines is 1. The number of barbiturate groups is 1. The number of nitrogens with zero attached hydrogens (tertiary/aromatic N) is 2. The van der Waals surface area contributed by atoms with Crippen LogP contribution in [0.5, 0.6) is 11.5 Å². The van der Waals surface area contributed by atoms with Crippen molar-refractivity contribution in [1.29, 1.82) is 0 Å². The molecule has 1 aliphatic heterocycles. The summed E-state index contributed by atoms with van der Waals surface area (Å²) in [6, 6.07) is 12.8. The molecule has 0 spiro atoms. The molecule has 0 saturated carbocycles. The van der Waals surface area contributed by atoms with Gasteiger partial charge in [-0.2, -0.15) is 0 Å². The van der Waals surface area contributed by atoms with E-state index in [9.17, 15) is 28.9 Å². The quantitative estimate of drug-likeness (QED) is 0.168. The largest absolute Gasteiger partial charge is 0.490 e. The summed E-state index contributed by atoms with van der Waals surface area (Å²) in [5.41, 5.74) is 0.816. The Balaban J connectivity index is 1.62. The minimum absolute atomic E-state index is 0.0371. The van der Waals surface area contributed by atoms with E-state index in [0.29, 0.717) is 27.1 Å². The fraction of sp³-hybridized carbons (Fsp3) is 0.115. The normalized spacial score (nSPS) is 14.4. The molecule has 194 valence electrons. The van der Waals surface area contributed by atoms with Crippen molar-refractivity contribution in [1.82, 2.24) is 5.32 Å². The smallest absolute Gasteiger partial charge is 0.335 e. The molecule has 4 rings (SSSR count). The molecule has 1 aliphatic rings. The third-order valence-electron chi connectivity index (χ3n) is 5.39. The Hall–Kier alpha value is -4.58. The number of urea groups is 1. The van der Waals surface area contributed by atoms with Gasteiger partial charge in [0.15, 0.2) is 11.5 Å². The average Bonchev–Trinajstić information content (AvgIpc) is 2.88. The zero-order valence-electron chi connectivity index (χ0n) is 19.8. The molecule has 12 heteroatoms. The summed E-state index contributed by atoms with van der Waals surface area (Å²) in [5, 5.41) is 13.0. The van der Waals surface area contributed by atoms with Crippen molar-refractivity contribution in [2.24, 2.45) is 0 Å². The molecule has 10 nitrogen and oxygen atoms in total. The van der Waals surface area contributed by atoms with Crippen LogP contribution in [0.3, 0.4) is 0 Å². The van der Waals surface area contributed by atoms with Crippen molar-refractivity contribution >= 4 is 51.2 Å². The Labute approximate surface area is 223 Å². The first-order valence-corrected chi connectivity index (χ1v) is 12.0. The number of non-ortho nitro benzene ring substituents is 1. The number of hydrogen-bond acceptors (Lipinski definition) is 7. The maximum Gasteiger partial charge on any atom is 0.335 e. The number of rotatable bonds is 8. The number of nitrogens with one attached hydrogen (secondary N) is 1. The Bertz CT molecular complexity index is 1460. The van der Waals surface area contributed by atoms with Crippen LogP contribution in [0.25, 0.3) is 6.08 Å². The van der Waals surface area contributed by atoms with Crippen molar-refractivity contribution in [3.8, 4) is 11.5 Å². The number of benzene rings is 3. The minimum atomic E-state index is -0.951. The lowest BCUT2D eigenvalue weighted by Crippen LogP contribution is -2.54. The Morgan fingerprint density at radius 1 is 1.03 bits per heavy atom. The van der Waals surface area contributed by atoms with E-state index in [1.807, 2.05) is 0 Å². The van der Waals surface area contributed by atoms with Gasteiger partial charge in [0.1, 0.15) is 18.0 Å². The number of imide groups is 2. The summed E-state index contributed by atoms with van der Waals surface area (Å²) in [5.74, 6) is -1.65. The molecule has 1 heterocycles. The molecular formula is C26H19BrFN3O7. The third-order valence-corrected chi connectivity index (χ3v) is 6.08. The van der Waals surface area contributed by atoms with Gasteiger partial charge in [0.05, 0.1) is 17.2 Å². The van der Waals surface area contributed by atoms with Crippen LogP contribution in [-0.4, -0.2) is 29.4 Å². The average molecular weight is 584 g/mol. The van der Waals surface area contributed by atoms with Crippen molar-refractivity contribution in [2.45, 2.75) is 13.5 Å². The first kappa shape index (κ1) is 26.5. The van der Waals surface area contributed by atoms with Crippen LogP contribution >= 0.6 is 15.9 Å². The molecule has 4 amide bonds. The topological polar surface area (TPSA) is 128 Å². The van der Waals surface area contributed by atoms with Gasteiger partial charge in [-0.15, -0.1) is 0 Å². The second-order valence-corrected chi connectivity index (χ2v) is 8.75. The van der Waals surface area contributed by atoms with E-state index >= 15 is 0 Å². The Morgan fingerprint density at radius 3 is 2.32 bits per heavy atom. The van der Waals surface area contributed by atoms with Crippen LogP contribution in [0.15, 0.2) is 70.7 Å². The van der Waals surface area contributed by atoms with Crippen LogP contribution in [0.2, 0.25) is 0 Å². The standard InChI is InChI=1S/C26H19BrFN3O7/c1-2-37-22-12-16(21(27)13-23(22)38-14-15-3-7-19(8-4-15)31(35)36)11-20-24(32)29-26(34)30(25(20)33)18-9-5-17(28)6-10-18/h3-13H,2,14H2,1H3,(H,29,32,34)/b20-11+. The molecule has 3 aromatic carbocycles. The van der Waals surface area contributed by atoms with E-state index in [4.69, 9.17) is 9.47 Å². The SMILES string of the molecule is CCOc1cc(/C=C2\C(=O)NC(=O)N(c3ccc(F)cc3)C2=O)c(Br)cc1OCc1ccc([N+](=O)[O-])cc1. The highest BCUT2D eigenvalue weighted by molar-refractivity contribution is 9.10. The van der Waals surface area contributed by atoms with Crippen LogP contribution < -0.4 is 19.7 Å². The van der Waals surface area contributed by atoms with Crippen LogP contribution in [0.4, 0.5) is 20.6 Å². The van der Waals surface area contributed by atoms with Crippen molar-refractivity contribution < 1.29 is 33.2 Å². The molecule has 0 atom stereocenters. The molecule has 3 aromatic rings. The van der Waals surface area contributed by atoms with E-state index in [0.717, 1.165) is 17.0 Å². The van der Waals surface area contributed by atoms with Gasteiger partial charge in [-0.1, -0.05) is 15.9 Å². The summed E-state index contributed by atoms with van der Waals surface area (Å²) in [7, 11) is 0. The number of ether oxygens (including phenoxy) is 2. The first-order chi connectivity index (χ1) is 18.2. The van der Waals surface area contributed by atoms with Crippen LogP contribution in [-0.2, 0) is 16.2 Å². The molecule has 0 unspecified atom stereocenters. The summed E-state index contributed by atoms with van der Waals surface area (Å²) < 4.78 is 25.3. The zero-order valence-corrected chi connectivity index (χ0v) is 21.4. The third kappa shape index (κ3) is 5.70. The van der Waals surface area contributed by atoms with Gasteiger partial charge in [-0.05, 0) is 72.7 Å². The minimum Gasteiger partial charge on any atom is -0.490 e. The van der Waals surface area contributed by atoms with E-state index in [1.165, 1.54) is 30.3 Å². The van der Waals surface area contributed by atoms with Gasteiger partial charge >= 0.3 is 6.03 Å². The van der Waals surface area contributed by atoms with Gasteiger partial charge in [0, 0.05) is 16.6 Å². The van der Waals surface area contributed by atoms with Gasteiger partial charge in [-0.3, -0.25) is 25.0 Å². The molecular weight excluding hydrogens is 565 g/mol. The number of nitro groups is 1. The fourth-order valence-corrected chi connectivity index (χ4v) is 3.99. The van der Waals surface area contributed by atoms with Crippen LogP contribution in [0, 0.1) is 15.9 Å². The summed E-state index contributed by atoms with van der Waals surface area (Å²) >= 11 is 3.41. The molecule has 1 N–H and O–H groups in total. The van der Waals surface area contributed by atoms with Crippen LogP contribution in [0.1, 0.15) is 18.1 Å². The molecule has 0 aromatic heterocycles. The molecule has 0 radical (unpaired) electrons. The van der Waals surface area contributed by atoms with Crippen molar-refractivity contribution in [3.05, 3.63) is 97.8 Å². The van der Waals surface area contributed by atoms with E-state index in [1.54, 1.807) is 31.2 Å². The fourth-order valence-electron chi connectivity index (χ4n) is 3.56. The summed E-state index contributed by atoms with van der Waals surface area (Å²) in [4.78, 5) is 49.1. The molecule has 0 bridgehead atoms. The Morgan fingerprint density at radius 2 is 1.68 bits per heavy atom. The predicted molar refractivity (Wildman–Crippen MR) is 138 cm³/mol. The molecule has 1 fully saturated rings.